The van der Waals surface area contributed by atoms with Gasteiger partial charge >= 0.3 is 0 Å². The molecular formula is C13H16N6O3S. The molecule has 0 aromatic carbocycles. The van der Waals surface area contributed by atoms with Crippen molar-refractivity contribution in [3.05, 3.63) is 30.1 Å². The molecule has 0 fully saturated rings. The first-order valence-electron chi connectivity index (χ1n) is 6.88. The summed E-state index contributed by atoms with van der Waals surface area (Å²) in [6, 6.07) is 0. The third kappa shape index (κ3) is 3.08. The fraction of sp³-hybridized carbons (Fsp3) is 0.385. The Morgan fingerprint density at radius 2 is 2.09 bits per heavy atom. The number of hydrogen-bond acceptors (Lipinski definition) is 7. The molecule has 0 saturated heterocycles. The maximum Gasteiger partial charge on any atom is 0.249 e. The summed E-state index contributed by atoms with van der Waals surface area (Å²) in [5, 5.41) is 13.6. The Labute approximate surface area is 132 Å². The molecule has 0 aliphatic heterocycles. The molecule has 3 rings (SSSR count). The van der Waals surface area contributed by atoms with E-state index >= 15 is 0 Å². The first-order valence-corrected chi connectivity index (χ1v) is 8.78. The number of hydrogen-bond donors (Lipinski definition) is 1. The zero-order valence-corrected chi connectivity index (χ0v) is 13.5. The molecule has 0 bridgehead atoms. The van der Waals surface area contributed by atoms with Gasteiger partial charge in [-0.05, 0) is 0 Å². The van der Waals surface area contributed by atoms with Crippen molar-refractivity contribution in [3.63, 3.8) is 0 Å². The van der Waals surface area contributed by atoms with E-state index in [9.17, 15) is 8.42 Å². The predicted molar refractivity (Wildman–Crippen MR) is 81.5 cm³/mol. The Hall–Kier alpha value is -2.33. The summed E-state index contributed by atoms with van der Waals surface area (Å²) in [7, 11) is -1.71. The van der Waals surface area contributed by atoms with Crippen molar-refractivity contribution in [2.75, 3.05) is 12.9 Å². The molecule has 0 spiro atoms. The number of aromatic nitrogens is 6. The molecule has 0 atom stereocenters. The zero-order chi connectivity index (χ0) is 16.6. The van der Waals surface area contributed by atoms with Gasteiger partial charge in [-0.2, -0.15) is 10.1 Å². The SMILES string of the molecule is Cn1cnc(Cc2nc(S(C)(=O)=O)nc3c2cnn3CCO)c1. The van der Waals surface area contributed by atoms with Crippen LogP contribution in [0, 0.1) is 0 Å². The van der Waals surface area contributed by atoms with E-state index in [2.05, 4.69) is 20.1 Å². The largest absolute Gasteiger partial charge is 0.394 e. The van der Waals surface area contributed by atoms with Crippen LogP contribution in [0.15, 0.2) is 23.9 Å². The molecule has 0 aliphatic carbocycles. The highest BCUT2D eigenvalue weighted by atomic mass is 32.2. The fourth-order valence-corrected chi connectivity index (χ4v) is 2.81. The van der Waals surface area contributed by atoms with E-state index in [0.717, 1.165) is 11.9 Å². The first kappa shape index (κ1) is 15.6. The van der Waals surface area contributed by atoms with Crippen LogP contribution in [-0.4, -0.2) is 55.7 Å². The summed E-state index contributed by atoms with van der Waals surface area (Å²) >= 11 is 0. The summed E-state index contributed by atoms with van der Waals surface area (Å²) in [5.74, 6) is 0. The summed E-state index contributed by atoms with van der Waals surface area (Å²) < 4.78 is 27.0. The first-order chi connectivity index (χ1) is 10.9. The van der Waals surface area contributed by atoms with Crippen molar-refractivity contribution in [1.29, 1.82) is 0 Å². The maximum absolute atomic E-state index is 11.9. The van der Waals surface area contributed by atoms with E-state index in [0.29, 0.717) is 23.1 Å². The van der Waals surface area contributed by atoms with Crippen molar-refractivity contribution in [3.8, 4) is 0 Å². The molecule has 1 N–H and O–H groups in total. The minimum Gasteiger partial charge on any atom is -0.394 e. The second kappa shape index (κ2) is 5.70. The van der Waals surface area contributed by atoms with Gasteiger partial charge in [0.25, 0.3) is 0 Å². The molecule has 9 nitrogen and oxygen atoms in total. The highest BCUT2D eigenvalue weighted by Crippen LogP contribution is 2.20. The fourth-order valence-electron chi connectivity index (χ4n) is 2.28. The number of aliphatic hydroxyl groups excluding tert-OH is 1. The standard InChI is InChI=1S/C13H16N6O3S/c1-18-7-9(14-8-18)5-11-10-6-15-19(3-4-20)12(10)17-13(16-11)23(2,21)22/h6-8,20H,3-5H2,1-2H3. The van der Waals surface area contributed by atoms with Crippen LogP contribution in [0.4, 0.5) is 0 Å². The normalized spacial score (nSPS) is 12.1. The molecule has 10 heteroatoms. The Kier molecular flexibility index (Phi) is 3.86. The molecule has 0 unspecified atom stereocenters. The lowest BCUT2D eigenvalue weighted by atomic mass is 10.2. The van der Waals surface area contributed by atoms with E-state index in [-0.39, 0.29) is 18.3 Å². The van der Waals surface area contributed by atoms with Gasteiger partial charge in [-0.25, -0.2) is 23.1 Å². The summed E-state index contributed by atoms with van der Waals surface area (Å²) in [5.41, 5.74) is 1.69. The average molecular weight is 336 g/mol. The van der Waals surface area contributed by atoms with Crippen molar-refractivity contribution in [2.24, 2.45) is 7.05 Å². The zero-order valence-electron chi connectivity index (χ0n) is 12.7. The molecule has 0 saturated carbocycles. The molecule has 122 valence electrons. The van der Waals surface area contributed by atoms with Crippen LogP contribution in [0.3, 0.4) is 0 Å². The molecule has 3 heterocycles. The van der Waals surface area contributed by atoms with Gasteiger partial charge in [-0.3, -0.25) is 0 Å². The van der Waals surface area contributed by atoms with Gasteiger partial charge in [0.2, 0.25) is 15.0 Å². The van der Waals surface area contributed by atoms with Gasteiger partial charge in [0.05, 0.1) is 42.4 Å². The molecular weight excluding hydrogens is 320 g/mol. The lowest BCUT2D eigenvalue weighted by Crippen LogP contribution is -2.10. The highest BCUT2D eigenvalue weighted by Gasteiger charge is 2.19. The third-order valence-electron chi connectivity index (χ3n) is 3.31. The Bertz CT molecular complexity index is 959. The number of fused-ring (bicyclic) bond motifs is 1. The lowest BCUT2D eigenvalue weighted by Gasteiger charge is -2.05. The average Bonchev–Trinajstić information content (AvgIpc) is 3.05. The molecule has 23 heavy (non-hydrogen) atoms. The summed E-state index contributed by atoms with van der Waals surface area (Å²) in [6.45, 7) is 0.108. The van der Waals surface area contributed by atoms with Crippen molar-refractivity contribution < 1.29 is 13.5 Å². The van der Waals surface area contributed by atoms with Crippen molar-refractivity contribution >= 4 is 20.9 Å². The quantitative estimate of drug-likeness (QED) is 0.627. The van der Waals surface area contributed by atoms with E-state index in [1.54, 1.807) is 17.1 Å². The Morgan fingerprint density at radius 1 is 1.30 bits per heavy atom. The van der Waals surface area contributed by atoms with Gasteiger partial charge in [0, 0.05) is 25.9 Å². The van der Waals surface area contributed by atoms with Gasteiger partial charge < -0.3 is 9.67 Å². The number of aliphatic hydroxyl groups is 1. The number of rotatable bonds is 5. The van der Waals surface area contributed by atoms with Gasteiger partial charge in [0.1, 0.15) is 0 Å². The molecule has 0 radical (unpaired) electrons. The van der Waals surface area contributed by atoms with Crippen LogP contribution in [0.1, 0.15) is 11.4 Å². The summed E-state index contributed by atoms with van der Waals surface area (Å²) in [4.78, 5) is 12.5. The maximum atomic E-state index is 11.9. The van der Waals surface area contributed by atoms with Gasteiger partial charge in [-0.15, -0.1) is 0 Å². The Morgan fingerprint density at radius 3 is 2.70 bits per heavy atom. The molecule has 0 amide bonds. The van der Waals surface area contributed by atoms with Crippen LogP contribution in [0.2, 0.25) is 0 Å². The van der Waals surface area contributed by atoms with Gasteiger partial charge in [-0.1, -0.05) is 0 Å². The molecule has 3 aromatic heterocycles. The molecule has 0 aliphatic rings. The Balaban J connectivity index is 2.18. The minimum absolute atomic E-state index is 0.120. The van der Waals surface area contributed by atoms with Crippen molar-refractivity contribution in [2.45, 2.75) is 18.1 Å². The van der Waals surface area contributed by atoms with Crippen molar-refractivity contribution in [1.82, 2.24) is 29.3 Å². The third-order valence-corrected chi connectivity index (χ3v) is 4.15. The molecule has 3 aromatic rings. The van der Waals surface area contributed by atoms with E-state index in [4.69, 9.17) is 5.11 Å². The number of sulfone groups is 1. The number of imidazole rings is 1. The van der Waals surface area contributed by atoms with Crippen LogP contribution in [0.5, 0.6) is 0 Å². The smallest absolute Gasteiger partial charge is 0.249 e. The van der Waals surface area contributed by atoms with Crippen LogP contribution in [-0.2, 0) is 29.9 Å². The van der Waals surface area contributed by atoms with Crippen LogP contribution >= 0.6 is 0 Å². The summed E-state index contributed by atoms with van der Waals surface area (Å²) in [6.07, 6.45) is 6.51. The van der Waals surface area contributed by atoms with E-state index < -0.39 is 9.84 Å². The van der Waals surface area contributed by atoms with Crippen LogP contribution in [0.25, 0.3) is 11.0 Å². The predicted octanol–water partition coefficient (Wildman–Crippen LogP) is -0.454. The topological polar surface area (TPSA) is 116 Å². The van der Waals surface area contributed by atoms with Crippen LogP contribution < -0.4 is 0 Å². The second-order valence-corrected chi connectivity index (χ2v) is 7.17. The highest BCUT2D eigenvalue weighted by molar-refractivity contribution is 7.90. The monoisotopic (exact) mass is 336 g/mol. The van der Waals surface area contributed by atoms with E-state index in [1.807, 2.05) is 13.2 Å². The van der Waals surface area contributed by atoms with E-state index in [1.165, 1.54) is 4.68 Å². The number of nitrogens with zero attached hydrogens (tertiary/aromatic N) is 6. The second-order valence-electron chi connectivity index (χ2n) is 5.26. The number of aryl methyl sites for hydroxylation is 1. The van der Waals surface area contributed by atoms with Gasteiger partial charge in [0.15, 0.2) is 5.65 Å². The lowest BCUT2D eigenvalue weighted by molar-refractivity contribution is 0.271. The minimum atomic E-state index is -3.56.